The van der Waals surface area contributed by atoms with E-state index in [9.17, 15) is 4.79 Å². The van der Waals surface area contributed by atoms with E-state index < -0.39 is 0 Å². The molecule has 0 aliphatic carbocycles. The van der Waals surface area contributed by atoms with Crippen molar-refractivity contribution in [2.75, 3.05) is 19.0 Å². The highest BCUT2D eigenvalue weighted by atomic mass is 79.9. The van der Waals surface area contributed by atoms with Crippen LogP contribution in [0.5, 0.6) is 5.75 Å². The molecule has 0 aliphatic heterocycles. The van der Waals surface area contributed by atoms with Gasteiger partial charge in [-0.05, 0) is 24.3 Å². The third kappa shape index (κ3) is 3.83. The minimum atomic E-state index is 0.0512. The molecule has 0 radical (unpaired) electrons. The zero-order valence-corrected chi connectivity index (χ0v) is 12.1. The van der Waals surface area contributed by atoms with Gasteiger partial charge in [-0.1, -0.05) is 34.1 Å². The largest absolute Gasteiger partial charge is 0.497 e. The molecular weight excluding hydrogens is 306 g/mol. The van der Waals surface area contributed by atoms with Gasteiger partial charge in [-0.3, -0.25) is 4.79 Å². The van der Waals surface area contributed by atoms with Gasteiger partial charge < -0.3 is 10.1 Å². The molecule has 98 valence electrons. The predicted octanol–water partition coefficient (Wildman–Crippen LogP) is 3.75. The Balaban J connectivity index is 1.98. The van der Waals surface area contributed by atoms with Crippen molar-refractivity contribution in [2.24, 2.45) is 0 Å². The van der Waals surface area contributed by atoms with E-state index in [0.717, 1.165) is 15.9 Å². The Morgan fingerprint density at radius 2 is 1.95 bits per heavy atom. The van der Waals surface area contributed by atoms with Crippen LogP contribution in [0.25, 0.3) is 0 Å². The molecule has 4 heteroatoms. The van der Waals surface area contributed by atoms with Crippen molar-refractivity contribution in [3.05, 3.63) is 58.6 Å². The maximum absolute atomic E-state index is 12.0. The number of carbonyl (C=O) groups excluding carboxylic acids is 1. The summed E-state index contributed by atoms with van der Waals surface area (Å²) in [5.74, 6) is 0.816. The summed E-state index contributed by atoms with van der Waals surface area (Å²) in [5.41, 5.74) is 1.56. The van der Waals surface area contributed by atoms with Crippen molar-refractivity contribution in [1.29, 1.82) is 0 Å². The summed E-state index contributed by atoms with van der Waals surface area (Å²) in [6.45, 7) is 0.259. The fourth-order valence-electron chi connectivity index (χ4n) is 1.65. The molecule has 0 aliphatic rings. The van der Waals surface area contributed by atoms with Gasteiger partial charge in [-0.25, -0.2) is 0 Å². The maximum Gasteiger partial charge on any atom is 0.181 e. The summed E-state index contributed by atoms with van der Waals surface area (Å²) in [5, 5.41) is 3.09. The average molecular weight is 320 g/mol. The Morgan fingerprint density at radius 3 is 2.63 bits per heavy atom. The van der Waals surface area contributed by atoms with Crippen LogP contribution < -0.4 is 10.1 Å². The van der Waals surface area contributed by atoms with Gasteiger partial charge in [0, 0.05) is 21.8 Å². The predicted molar refractivity (Wildman–Crippen MR) is 80.0 cm³/mol. The number of nitrogens with one attached hydrogen (secondary N) is 1. The number of rotatable bonds is 5. The lowest BCUT2D eigenvalue weighted by Gasteiger charge is -2.07. The SMILES string of the molecule is COc1cccc(NCC(=O)c2ccc(Br)cc2)c1. The van der Waals surface area contributed by atoms with Gasteiger partial charge in [-0.2, -0.15) is 0 Å². The van der Waals surface area contributed by atoms with Crippen LogP contribution in [-0.4, -0.2) is 19.4 Å². The first-order valence-electron chi connectivity index (χ1n) is 5.86. The molecule has 0 heterocycles. The van der Waals surface area contributed by atoms with Crippen LogP contribution >= 0.6 is 15.9 Å². The normalized spacial score (nSPS) is 10.0. The number of ketones is 1. The fraction of sp³-hybridized carbons (Fsp3) is 0.133. The first-order valence-corrected chi connectivity index (χ1v) is 6.65. The Labute approximate surface area is 120 Å². The van der Waals surface area contributed by atoms with Gasteiger partial charge in [0.25, 0.3) is 0 Å². The molecular formula is C15H14BrNO2. The second-order valence-electron chi connectivity index (χ2n) is 4.02. The van der Waals surface area contributed by atoms with Gasteiger partial charge in [0.2, 0.25) is 0 Å². The first kappa shape index (κ1) is 13.6. The molecule has 0 saturated heterocycles. The summed E-state index contributed by atoms with van der Waals surface area (Å²) in [4.78, 5) is 12.0. The summed E-state index contributed by atoms with van der Waals surface area (Å²) in [7, 11) is 1.62. The van der Waals surface area contributed by atoms with Crippen molar-refractivity contribution < 1.29 is 9.53 Å². The molecule has 0 spiro atoms. The second-order valence-corrected chi connectivity index (χ2v) is 4.93. The number of methoxy groups -OCH3 is 1. The Bertz CT molecular complexity index is 567. The van der Waals surface area contributed by atoms with E-state index in [1.54, 1.807) is 19.2 Å². The van der Waals surface area contributed by atoms with E-state index in [0.29, 0.717) is 5.56 Å². The van der Waals surface area contributed by atoms with E-state index in [1.165, 1.54) is 0 Å². The van der Waals surface area contributed by atoms with Crippen LogP contribution in [-0.2, 0) is 0 Å². The van der Waals surface area contributed by atoms with Crippen LogP contribution in [0.3, 0.4) is 0 Å². The molecule has 3 nitrogen and oxygen atoms in total. The molecule has 2 rings (SSSR count). The maximum atomic E-state index is 12.0. The number of benzene rings is 2. The second kappa shape index (κ2) is 6.38. The van der Waals surface area contributed by atoms with E-state index in [-0.39, 0.29) is 12.3 Å². The van der Waals surface area contributed by atoms with Crippen molar-refractivity contribution >= 4 is 27.4 Å². The number of hydrogen-bond acceptors (Lipinski definition) is 3. The number of ether oxygens (including phenoxy) is 1. The van der Waals surface area contributed by atoms with E-state index in [1.807, 2.05) is 36.4 Å². The average Bonchev–Trinajstić information content (AvgIpc) is 2.46. The summed E-state index contributed by atoms with van der Waals surface area (Å²) in [6, 6.07) is 14.8. The van der Waals surface area contributed by atoms with E-state index in [4.69, 9.17) is 4.74 Å². The zero-order chi connectivity index (χ0) is 13.7. The highest BCUT2D eigenvalue weighted by Crippen LogP contribution is 2.17. The van der Waals surface area contributed by atoms with Crippen molar-refractivity contribution in [2.45, 2.75) is 0 Å². The molecule has 0 unspecified atom stereocenters. The van der Waals surface area contributed by atoms with Gasteiger partial charge in [0.15, 0.2) is 5.78 Å². The Morgan fingerprint density at radius 1 is 1.21 bits per heavy atom. The molecule has 19 heavy (non-hydrogen) atoms. The minimum Gasteiger partial charge on any atom is -0.497 e. The Kier molecular flexibility index (Phi) is 4.58. The van der Waals surface area contributed by atoms with E-state index >= 15 is 0 Å². The Hall–Kier alpha value is -1.81. The van der Waals surface area contributed by atoms with Crippen molar-refractivity contribution in [3.8, 4) is 5.75 Å². The van der Waals surface area contributed by atoms with Crippen LogP contribution in [0.4, 0.5) is 5.69 Å². The van der Waals surface area contributed by atoms with E-state index in [2.05, 4.69) is 21.2 Å². The standard InChI is InChI=1S/C15H14BrNO2/c1-19-14-4-2-3-13(9-14)17-10-15(18)11-5-7-12(16)8-6-11/h2-9,17H,10H2,1H3. The molecule has 1 N–H and O–H groups in total. The molecule has 0 amide bonds. The monoisotopic (exact) mass is 319 g/mol. The van der Waals surface area contributed by atoms with Crippen LogP contribution in [0, 0.1) is 0 Å². The molecule has 2 aromatic rings. The summed E-state index contributed by atoms with van der Waals surface area (Å²) < 4.78 is 6.09. The van der Waals surface area contributed by atoms with Gasteiger partial charge >= 0.3 is 0 Å². The van der Waals surface area contributed by atoms with Gasteiger partial charge in [0.05, 0.1) is 13.7 Å². The number of anilines is 1. The van der Waals surface area contributed by atoms with Crippen molar-refractivity contribution in [3.63, 3.8) is 0 Å². The lowest BCUT2D eigenvalue weighted by atomic mass is 10.1. The molecule has 0 saturated carbocycles. The zero-order valence-electron chi connectivity index (χ0n) is 10.5. The third-order valence-electron chi connectivity index (χ3n) is 2.69. The molecule has 0 aromatic heterocycles. The highest BCUT2D eigenvalue weighted by molar-refractivity contribution is 9.10. The van der Waals surface area contributed by atoms with Crippen molar-refractivity contribution in [1.82, 2.24) is 0 Å². The summed E-state index contributed by atoms with van der Waals surface area (Å²) >= 11 is 3.35. The van der Waals surface area contributed by atoms with Gasteiger partial charge in [0.1, 0.15) is 5.75 Å². The lowest BCUT2D eigenvalue weighted by Crippen LogP contribution is -2.13. The van der Waals surface area contributed by atoms with Crippen LogP contribution in [0.15, 0.2) is 53.0 Å². The number of Topliss-reactive ketones (excluding diaryl/α,β-unsaturated/α-hetero) is 1. The quantitative estimate of drug-likeness (QED) is 0.853. The molecule has 0 atom stereocenters. The number of halogens is 1. The number of carbonyl (C=O) groups is 1. The third-order valence-corrected chi connectivity index (χ3v) is 3.22. The molecule has 0 fully saturated rings. The van der Waals surface area contributed by atoms with Gasteiger partial charge in [-0.15, -0.1) is 0 Å². The lowest BCUT2D eigenvalue weighted by molar-refractivity contribution is 0.101. The molecule has 0 bridgehead atoms. The fourth-order valence-corrected chi connectivity index (χ4v) is 1.92. The number of hydrogen-bond donors (Lipinski definition) is 1. The first-order chi connectivity index (χ1) is 9.19. The van der Waals surface area contributed by atoms with Crippen LogP contribution in [0.1, 0.15) is 10.4 Å². The van der Waals surface area contributed by atoms with Crippen LogP contribution in [0.2, 0.25) is 0 Å². The smallest absolute Gasteiger partial charge is 0.181 e. The highest BCUT2D eigenvalue weighted by Gasteiger charge is 2.05. The topological polar surface area (TPSA) is 38.3 Å². The summed E-state index contributed by atoms with van der Waals surface area (Å²) in [6.07, 6.45) is 0. The molecule has 2 aromatic carbocycles. The minimum absolute atomic E-state index is 0.0512.